The molecule has 35 heavy (non-hydrogen) atoms. The molecule has 1 aromatic heterocycles. The van der Waals surface area contributed by atoms with Crippen molar-refractivity contribution in [3.8, 4) is 5.75 Å². The van der Waals surface area contributed by atoms with Gasteiger partial charge in [0.15, 0.2) is 0 Å². The van der Waals surface area contributed by atoms with Gasteiger partial charge in [0.05, 0.1) is 12.2 Å². The summed E-state index contributed by atoms with van der Waals surface area (Å²) in [5.41, 5.74) is 1.99. The van der Waals surface area contributed by atoms with Gasteiger partial charge in [0.1, 0.15) is 12.4 Å². The number of fused-ring (bicyclic) bond motifs is 3. The van der Waals surface area contributed by atoms with E-state index < -0.39 is 0 Å². The molecule has 2 amide bonds. The van der Waals surface area contributed by atoms with Crippen molar-refractivity contribution in [1.82, 2.24) is 20.1 Å². The van der Waals surface area contributed by atoms with Crippen LogP contribution in [0.4, 0.5) is 0 Å². The highest BCUT2D eigenvalue weighted by atomic mass is 16.5. The molecular formula is C28H34N4O3. The second-order valence-corrected chi connectivity index (χ2v) is 9.91. The first kappa shape index (κ1) is 23.5. The molecule has 1 N–H and O–H groups in total. The van der Waals surface area contributed by atoms with Gasteiger partial charge in [0, 0.05) is 50.4 Å². The lowest BCUT2D eigenvalue weighted by molar-refractivity contribution is -0.135. The van der Waals surface area contributed by atoms with E-state index in [1.807, 2.05) is 47.4 Å². The Balaban J connectivity index is 1.35. The number of hydrogen-bond donors (Lipinski definition) is 1. The van der Waals surface area contributed by atoms with Gasteiger partial charge in [-0.25, -0.2) is 0 Å². The van der Waals surface area contributed by atoms with Crippen LogP contribution < -0.4 is 10.1 Å². The average Bonchev–Trinajstić information content (AvgIpc) is 3.67. The molecule has 2 fully saturated rings. The van der Waals surface area contributed by atoms with Gasteiger partial charge in [-0.3, -0.25) is 19.5 Å². The predicted octanol–water partition coefficient (Wildman–Crippen LogP) is 3.17. The minimum absolute atomic E-state index is 0.123. The standard InChI is InChI=1S/C28H34N4O3/c33-27(30-24-10-11-24)16-21-12-14-32-18-22(21)7-5-15-35-26-9-2-1-6-23(26)17-31(20-28(32)34)19-25-8-3-4-13-29-25/h1-9,13,21-22,24H,10-12,14-20H2,(H,30,33)/t21-,22-/m0/s1. The van der Waals surface area contributed by atoms with Gasteiger partial charge in [0.25, 0.3) is 0 Å². The average molecular weight is 475 g/mol. The van der Waals surface area contributed by atoms with Crippen LogP contribution in [0.2, 0.25) is 0 Å². The van der Waals surface area contributed by atoms with Gasteiger partial charge in [-0.05, 0) is 49.3 Å². The number of rotatable bonds is 5. The summed E-state index contributed by atoms with van der Waals surface area (Å²) in [5, 5.41) is 3.12. The minimum Gasteiger partial charge on any atom is -0.489 e. The van der Waals surface area contributed by atoms with E-state index in [-0.39, 0.29) is 23.7 Å². The van der Waals surface area contributed by atoms with E-state index in [2.05, 4.69) is 27.3 Å². The van der Waals surface area contributed by atoms with Crippen molar-refractivity contribution < 1.29 is 14.3 Å². The summed E-state index contributed by atoms with van der Waals surface area (Å²) in [6.45, 7) is 3.29. The van der Waals surface area contributed by atoms with Crippen LogP contribution in [0, 0.1) is 11.8 Å². The van der Waals surface area contributed by atoms with Gasteiger partial charge in [-0.15, -0.1) is 0 Å². The van der Waals surface area contributed by atoms with E-state index >= 15 is 0 Å². The van der Waals surface area contributed by atoms with Crippen LogP contribution in [0.5, 0.6) is 5.75 Å². The third-order valence-corrected chi connectivity index (χ3v) is 7.10. The van der Waals surface area contributed by atoms with Crippen molar-refractivity contribution in [2.45, 2.75) is 44.8 Å². The molecule has 2 atom stereocenters. The summed E-state index contributed by atoms with van der Waals surface area (Å²) >= 11 is 0. The molecule has 184 valence electrons. The number of nitrogens with zero attached hydrogens (tertiary/aromatic N) is 3. The summed E-state index contributed by atoms with van der Waals surface area (Å²) in [6.07, 6.45) is 9.52. The van der Waals surface area contributed by atoms with E-state index in [4.69, 9.17) is 4.74 Å². The smallest absolute Gasteiger partial charge is 0.236 e. The van der Waals surface area contributed by atoms with Crippen LogP contribution in [-0.2, 0) is 22.7 Å². The van der Waals surface area contributed by atoms with Crippen LogP contribution >= 0.6 is 0 Å². The molecule has 5 rings (SSSR count). The number of para-hydroxylation sites is 1. The normalized spacial score (nSPS) is 23.3. The Bertz CT molecular complexity index is 1050. The Morgan fingerprint density at radius 1 is 1.09 bits per heavy atom. The monoisotopic (exact) mass is 474 g/mol. The quantitative estimate of drug-likeness (QED) is 0.674. The molecule has 7 nitrogen and oxygen atoms in total. The van der Waals surface area contributed by atoms with Crippen molar-refractivity contribution in [3.05, 3.63) is 72.1 Å². The molecule has 1 aliphatic carbocycles. The number of piperidine rings is 1. The second kappa shape index (κ2) is 11.0. The fraction of sp³-hybridized carbons (Fsp3) is 0.464. The first-order chi connectivity index (χ1) is 17.1. The maximum atomic E-state index is 13.5. The fourth-order valence-electron chi connectivity index (χ4n) is 5.05. The van der Waals surface area contributed by atoms with Crippen molar-refractivity contribution in [2.75, 3.05) is 26.2 Å². The van der Waals surface area contributed by atoms with Crippen molar-refractivity contribution in [1.29, 1.82) is 0 Å². The predicted molar refractivity (Wildman–Crippen MR) is 133 cm³/mol. The zero-order valence-corrected chi connectivity index (χ0v) is 20.1. The molecule has 1 saturated carbocycles. The summed E-state index contributed by atoms with van der Waals surface area (Å²) in [5.74, 6) is 1.47. The molecule has 2 aliphatic heterocycles. The van der Waals surface area contributed by atoms with E-state index in [0.29, 0.717) is 51.8 Å². The maximum absolute atomic E-state index is 13.5. The zero-order valence-electron chi connectivity index (χ0n) is 20.1. The Kier molecular flexibility index (Phi) is 7.42. The topological polar surface area (TPSA) is 74.8 Å². The highest BCUT2D eigenvalue weighted by Crippen LogP contribution is 2.30. The van der Waals surface area contributed by atoms with Crippen LogP contribution in [0.1, 0.15) is 36.9 Å². The lowest BCUT2D eigenvalue weighted by Gasteiger charge is -2.38. The molecule has 0 unspecified atom stereocenters. The summed E-state index contributed by atoms with van der Waals surface area (Å²) in [6, 6.07) is 14.3. The number of carbonyl (C=O) groups is 2. The Morgan fingerprint density at radius 3 is 2.77 bits per heavy atom. The number of ether oxygens (including phenoxy) is 1. The van der Waals surface area contributed by atoms with Crippen LogP contribution in [0.25, 0.3) is 0 Å². The van der Waals surface area contributed by atoms with Gasteiger partial charge in [-0.2, -0.15) is 0 Å². The number of nitrogens with one attached hydrogen (secondary N) is 1. The third kappa shape index (κ3) is 6.48. The maximum Gasteiger partial charge on any atom is 0.236 e. The van der Waals surface area contributed by atoms with E-state index in [9.17, 15) is 9.59 Å². The lowest BCUT2D eigenvalue weighted by atomic mass is 9.82. The van der Waals surface area contributed by atoms with Crippen LogP contribution in [0.15, 0.2) is 60.8 Å². The van der Waals surface area contributed by atoms with E-state index in [1.165, 1.54) is 0 Å². The molecule has 1 aromatic carbocycles. The van der Waals surface area contributed by atoms with Gasteiger partial charge < -0.3 is 15.0 Å². The van der Waals surface area contributed by atoms with E-state index in [1.54, 1.807) is 6.20 Å². The summed E-state index contributed by atoms with van der Waals surface area (Å²) in [7, 11) is 0. The molecule has 3 aliphatic rings. The first-order valence-electron chi connectivity index (χ1n) is 12.7. The first-order valence-corrected chi connectivity index (χ1v) is 12.7. The summed E-state index contributed by atoms with van der Waals surface area (Å²) < 4.78 is 6.13. The van der Waals surface area contributed by atoms with Crippen molar-refractivity contribution in [2.24, 2.45) is 11.8 Å². The van der Waals surface area contributed by atoms with Crippen LogP contribution in [-0.4, -0.2) is 58.9 Å². The molecule has 0 spiro atoms. The number of amides is 2. The molecule has 2 aromatic rings. The fourth-order valence-corrected chi connectivity index (χ4v) is 5.05. The Labute approximate surface area is 207 Å². The van der Waals surface area contributed by atoms with Gasteiger partial charge >= 0.3 is 0 Å². The molecular weight excluding hydrogens is 440 g/mol. The number of pyridine rings is 1. The largest absolute Gasteiger partial charge is 0.489 e. The zero-order chi connectivity index (χ0) is 24.0. The molecule has 3 heterocycles. The number of aromatic nitrogens is 1. The second-order valence-electron chi connectivity index (χ2n) is 9.91. The number of benzene rings is 1. The van der Waals surface area contributed by atoms with Crippen molar-refractivity contribution in [3.63, 3.8) is 0 Å². The van der Waals surface area contributed by atoms with Gasteiger partial charge in [0.2, 0.25) is 11.8 Å². The van der Waals surface area contributed by atoms with Gasteiger partial charge in [-0.1, -0.05) is 36.4 Å². The number of hydrogen-bond acceptors (Lipinski definition) is 5. The highest BCUT2D eigenvalue weighted by Gasteiger charge is 2.33. The Morgan fingerprint density at radius 2 is 1.94 bits per heavy atom. The molecule has 2 bridgehead atoms. The molecule has 0 radical (unpaired) electrons. The SMILES string of the molecule is O=C(C[C@@H]1CCN2C[C@@H]1C=CCOc1ccccc1CN(Cc1ccccn1)CC2=O)NC1CC1. The Hall–Kier alpha value is -3.19. The highest BCUT2D eigenvalue weighted by molar-refractivity contribution is 5.79. The molecule has 1 saturated heterocycles. The van der Waals surface area contributed by atoms with Crippen molar-refractivity contribution >= 4 is 11.8 Å². The minimum atomic E-state index is 0.123. The third-order valence-electron chi connectivity index (χ3n) is 7.10. The number of carbonyl (C=O) groups excluding carboxylic acids is 2. The summed E-state index contributed by atoms with van der Waals surface area (Å²) in [4.78, 5) is 34.6. The molecule has 7 heteroatoms. The van der Waals surface area contributed by atoms with E-state index in [0.717, 1.165) is 36.3 Å². The van der Waals surface area contributed by atoms with Crippen LogP contribution in [0.3, 0.4) is 0 Å². The lowest BCUT2D eigenvalue weighted by Crippen LogP contribution is -2.47.